The van der Waals surface area contributed by atoms with E-state index in [-0.39, 0.29) is 12.3 Å². The summed E-state index contributed by atoms with van der Waals surface area (Å²) in [5.41, 5.74) is 3.49. The van der Waals surface area contributed by atoms with Gasteiger partial charge in [0.15, 0.2) is 6.10 Å². The first-order valence-corrected chi connectivity index (χ1v) is 13.4. The molecule has 1 N–H and O–H groups in total. The number of nitrogens with zero attached hydrogens (tertiary/aromatic N) is 2. The summed E-state index contributed by atoms with van der Waals surface area (Å²) >= 11 is 0. The third-order valence-electron chi connectivity index (χ3n) is 7.72. The van der Waals surface area contributed by atoms with E-state index in [0.29, 0.717) is 22.3 Å². The molecule has 1 fully saturated rings. The van der Waals surface area contributed by atoms with Gasteiger partial charge in [0.1, 0.15) is 12.3 Å². The molecular formula is C31H29N3O7. The summed E-state index contributed by atoms with van der Waals surface area (Å²) < 4.78 is 19.2. The second-order valence-corrected chi connectivity index (χ2v) is 10.4. The molecule has 0 radical (unpaired) electrons. The van der Waals surface area contributed by atoms with Crippen molar-refractivity contribution in [1.82, 2.24) is 14.5 Å². The normalized spacial score (nSPS) is 23.1. The van der Waals surface area contributed by atoms with Crippen LogP contribution in [0.25, 0.3) is 33.0 Å². The number of likely N-dealkylation sites (N-methyl/N-ethyl adjacent to an activating group) is 1. The van der Waals surface area contributed by atoms with E-state index in [1.165, 1.54) is 20.9 Å². The fraction of sp³-hybridized carbons (Fsp3) is 0.290. The summed E-state index contributed by atoms with van der Waals surface area (Å²) in [7, 11) is 1.48. The minimum absolute atomic E-state index is 0.209. The summed E-state index contributed by atoms with van der Waals surface area (Å²) in [4.78, 5) is 55.2. The Morgan fingerprint density at radius 2 is 1.54 bits per heavy atom. The second-order valence-electron chi connectivity index (χ2n) is 10.4. The molecule has 0 spiro atoms. The molecule has 0 saturated carbocycles. The van der Waals surface area contributed by atoms with Crippen molar-refractivity contribution in [3.05, 3.63) is 72.1 Å². The lowest BCUT2D eigenvalue weighted by Crippen LogP contribution is -2.49. The van der Waals surface area contributed by atoms with Gasteiger partial charge in [-0.25, -0.2) is 0 Å². The van der Waals surface area contributed by atoms with Gasteiger partial charge in [0, 0.05) is 67.1 Å². The van der Waals surface area contributed by atoms with E-state index in [4.69, 9.17) is 14.2 Å². The zero-order valence-electron chi connectivity index (χ0n) is 23.0. The number of ether oxygens (including phenoxy) is 3. The standard InChI is InChI=1S/C31H29N3O7/c1-16-29(41-18(3)36)25(40-17(2)35)13-26(39-16)34-15-22(20-10-6-8-12-24(20)34)28-27(30(37)33(4)31(28)38)21-14-32-23-11-7-5-9-19(21)23/h5-12,14-16,25-26,29,32H,13H2,1-4H3/t16-,25-,26+,29-/m0/s1. The van der Waals surface area contributed by atoms with Gasteiger partial charge in [-0.3, -0.25) is 24.1 Å². The monoisotopic (exact) mass is 555 g/mol. The molecule has 4 heterocycles. The number of nitrogens with one attached hydrogen (secondary N) is 1. The lowest BCUT2D eigenvalue weighted by Gasteiger charge is -2.39. The highest BCUT2D eigenvalue weighted by Crippen LogP contribution is 2.42. The van der Waals surface area contributed by atoms with Gasteiger partial charge in [-0.15, -0.1) is 0 Å². The Hall–Kier alpha value is -4.70. The maximum Gasteiger partial charge on any atom is 0.303 e. The molecule has 4 atom stereocenters. The smallest absolute Gasteiger partial charge is 0.303 e. The van der Waals surface area contributed by atoms with E-state index < -0.39 is 42.4 Å². The van der Waals surface area contributed by atoms with Crippen molar-refractivity contribution in [3.63, 3.8) is 0 Å². The first-order chi connectivity index (χ1) is 19.7. The van der Waals surface area contributed by atoms with Gasteiger partial charge in [-0.05, 0) is 19.1 Å². The van der Waals surface area contributed by atoms with Crippen LogP contribution in [0.4, 0.5) is 0 Å². The van der Waals surface area contributed by atoms with Crippen LogP contribution in [-0.4, -0.2) is 63.6 Å². The van der Waals surface area contributed by atoms with Crippen LogP contribution in [0.5, 0.6) is 0 Å². The fourth-order valence-electron chi connectivity index (χ4n) is 5.95. The van der Waals surface area contributed by atoms with Crippen molar-refractivity contribution in [1.29, 1.82) is 0 Å². The predicted molar refractivity (Wildman–Crippen MR) is 150 cm³/mol. The number of fused-ring (bicyclic) bond motifs is 2. The number of imide groups is 1. The number of aromatic amines is 1. The number of H-pyrrole nitrogens is 1. The minimum Gasteiger partial charge on any atom is -0.458 e. The van der Waals surface area contributed by atoms with Gasteiger partial charge in [0.25, 0.3) is 11.8 Å². The van der Waals surface area contributed by atoms with E-state index in [0.717, 1.165) is 26.7 Å². The molecule has 2 aromatic carbocycles. The number of carbonyl (C=O) groups is 4. The van der Waals surface area contributed by atoms with Crippen molar-refractivity contribution >= 4 is 56.7 Å². The Morgan fingerprint density at radius 3 is 2.24 bits per heavy atom. The highest BCUT2D eigenvalue weighted by molar-refractivity contribution is 6.50. The zero-order chi connectivity index (χ0) is 29.0. The Kier molecular flexibility index (Phi) is 6.50. The number of esters is 2. The molecule has 0 unspecified atom stereocenters. The summed E-state index contributed by atoms with van der Waals surface area (Å²) in [6.45, 7) is 4.36. The maximum absolute atomic E-state index is 13.6. The van der Waals surface area contributed by atoms with Crippen molar-refractivity contribution in [2.24, 2.45) is 0 Å². The molecule has 10 heteroatoms. The Balaban J connectivity index is 1.51. The van der Waals surface area contributed by atoms with Crippen LogP contribution in [0.3, 0.4) is 0 Å². The molecule has 10 nitrogen and oxygen atoms in total. The molecule has 6 rings (SSSR count). The van der Waals surface area contributed by atoms with Gasteiger partial charge in [0.05, 0.1) is 22.8 Å². The molecule has 210 valence electrons. The van der Waals surface area contributed by atoms with Crippen LogP contribution in [0.2, 0.25) is 0 Å². The molecule has 2 amide bonds. The highest BCUT2D eigenvalue weighted by Gasteiger charge is 2.43. The van der Waals surface area contributed by atoms with Crippen LogP contribution in [0.1, 0.15) is 44.5 Å². The number of para-hydroxylation sites is 2. The van der Waals surface area contributed by atoms with Crippen LogP contribution in [-0.2, 0) is 33.4 Å². The third kappa shape index (κ3) is 4.40. The second kappa shape index (κ2) is 10.0. The summed E-state index contributed by atoms with van der Waals surface area (Å²) in [5, 5.41) is 1.60. The largest absolute Gasteiger partial charge is 0.458 e. The average molecular weight is 556 g/mol. The van der Waals surface area contributed by atoms with Crippen LogP contribution in [0.15, 0.2) is 60.9 Å². The molecule has 2 aliphatic rings. The quantitative estimate of drug-likeness (QED) is 0.289. The van der Waals surface area contributed by atoms with E-state index in [9.17, 15) is 19.2 Å². The number of amides is 2. The Labute approximate surface area is 235 Å². The summed E-state index contributed by atoms with van der Waals surface area (Å²) in [5.74, 6) is -1.78. The van der Waals surface area contributed by atoms with Gasteiger partial charge in [-0.1, -0.05) is 36.4 Å². The first-order valence-electron chi connectivity index (χ1n) is 13.4. The van der Waals surface area contributed by atoms with E-state index in [1.54, 1.807) is 13.1 Å². The molecule has 1 saturated heterocycles. The third-order valence-corrected chi connectivity index (χ3v) is 7.72. The SMILES string of the molecule is CC(=O)O[C@H]1[C@H](C)O[C@@H](n2cc(C3=C(c4c[nH]c5ccccc45)C(=O)N(C)C3=O)c3ccccc32)C[C@@H]1OC(C)=O. The van der Waals surface area contributed by atoms with Crippen molar-refractivity contribution in [2.45, 2.75) is 51.7 Å². The van der Waals surface area contributed by atoms with E-state index in [1.807, 2.05) is 59.3 Å². The zero-order valence-corrected chi connectivity index (χ0v) is 23.0. The fourth-order valence-corrected chi connectivity index (χ4v) is 5.95. The van der Waals surface area contributed by atoms with Crippen molar-refractivity contribution < 1.29 is 33.4 Å². The number of carbonyl (C=O) groups excluding carboxylic acids is 4. The minimum atomic E-state index is -0.771. The van der Waals surface area contributed by atoms with Gasteiger partial charge >= 0.3 is 11.9 Å². The van der Waals surface area contributed by atoms with Gasteiger partial charge in [-0.2, -0.15) is 0 Å². The lowest BCUT2D eigenvalue weighted by atomic mass is 9.95. The number of hydrogen-bond donors (Lipinski definition) is 1. The van der Waals surface area contributed by atoms with Crippen LogP contribution in [0, 0.1) is 0 Å². The molecular weight excluding hydrogens is 526 g/mol. The maximum atomic E-state index is 13.6. The Bertz CT molecular complexity index is 1760. The van der Waals surface area contributed by atoms with E-state index >= 15 is 0 Å². The van der Waals surface area contributed by atoms with E-state index in [2.05, 4.69) is 4.98 Å². The summed E-state index contributed by atoms with van der Waals surface area (Å²) in [6.07, 6.45) is 1.07. The van der Waals surface area contributed by atoms with Crippen LogP contribution < -0.4 is 0 Å². The predicted octanol–water partition coefficient (Wildman–Crippen LogP) is 4.20. The lowest BCUT2D eigenvalue weighted by molar-refractivity contribution is -0.214. The number of rotatable bonds is 5. The Morgan fingerprint density at radius 1 is 0.902 bits per heavy atom. The molecule has 0 aliphatic carbocycles. The number of aromatic nitrogens is 2. The molecule has 0 bridgehead atoms. The van der Waals surface area contributed by atoms with Crippen molar-refractivity contribution in [3.8, 4) is 0 Å². The highest BCUT2D eigenvalue weighted by atomic mass is 16.6. The number of hydrogen-bond acceptors (Lipinski definition) is 7. The van der Waals surface area contributed by atoms with Gasteiger partial charge in [0.2, 0.25) is 0 Å². The van der Waals surface area contributed by atoms with Crippen LogP contribution >= 0.6 is 0 Å². The van der Waals surface area contributed by atoms with Gasteiger partial charge < -0.3 is 23.8 Å². The van der Waals surface area contributed by atoms with Crippen molar-refractivity contribution in [2.75, 3.05) is 7.05 Å². The molecule has 2 aromatic heterocycles. The average Bonchev–Trinajstić information content (AvgIpc) is 3.59. The molecule has 4 aromatic rings. The first kappa shape index (κ1) is 26.5. The molecule has 41 heavy (non-hydrogen) atoms. The summed E-state index contributed by atoms with van der Waals surface area (Å²) in [6, 6.07) is 15.2. The molecule has 2 aliphatic heterocycles. The number of benzene rings is 2. The topological polar surface area (TPSA) is 120 Å².